The lowest BCUT2D eigenvalue weighted by molar-refractivity contribution is -0.144. The minimum absolute atomic E-state index is 0.142. The van der Waals surface area contributed by atoms with E-state index in [0.717, 1.165) is 17.9 Å². The SMILES string of the molecule is CC1C(=O)N(CC(=O)NCCOCCOCCOCCNC(=O)CCc2cc(Cl)c(Oc3ccsc3C(=O)N3CCN(C4CC4)c4ccccc43)cc2Cl)CCCN1C(=O)C[C@H](N)Cc1cc(F)c(F)cc1F. The minimum Gasteiger partial charge on any atom is -0.454 e. The van der Waals surface area contributed by atoms with Crippen molar-refractivity contribution >= 4 is 75.4 Å². The third-order valence-electron chi connectivity index (χ3n) is 12.6. The number of carbonyl (C=O) groups is 5. The number of nitrogens with two attached hydrogens (primary N) is 1. The van der Waals surface area contributed by atoms with Crippen molar-refractivity contribution < 1.29 is 56.1 Å². The number of halogens is 5. The Labute approximate surface area is 436 Å². The van der Waals surface area contributed by atoms with E-state index >= 15 is 0 Å². The van der Waals surface area contributed by atoms with Crippen molar-refractivity contribution in [2.45, 2.75) is 70.0 Å². The zero-order valence-electron chi connectivity index (χ0n) is 40.5. The second-order valence-electron chi connectivity index (χ2n) is 17.9. The van der Waals surface area contributed by atoms with E-state index in [1.807, 2.05) is 28.5 Å². The zero-order chi connectivity index (χ0) is 52.0. The van der Waals surface area contributed by atoms with Gasteiger partial charge < -0.3 is 54.9 Å². The molecule has 3 heterocycles. The van der Waals surface area contributed by atoms with Crippen LogP contribution >= 0.6 is 34.5 Å². The molecule has 1 aliphatic carbocycles. The van der Waals surface area contributed by atoms with Crippen molar-refractivity contribution in [1.29, 1.82) is 0 Å². The van der Waals surface area contributed by atoms with Gasteiger partial charge in [0, 0.05) is 81.3 Å². The molecule has 3 aromatic carbocycles. The predicted molar refractivity (Wildman–Crippen MR) is 271 cm³/mol. The maximum Gasteiger partial charge on any atom is 0.272 e. The lowest BCUT2D eigenvalue weighted by atomic mass is 10.0. The van der Waals surface area contributed by atoms with Crippen molar-refractivity contribution in [3.63, 3.8) is 0 Å². The minimum atomic E-state index is -1.32. The second-order valence-corrected chi connectivity index (χ2v) is 19.6. The monoisotopic (exact) mass is 1070 g/mol. The van der Waals surface area contributed by atoms with Crippen molar-refractivity contribution in [3.8, 4) is 11.5 Å². The van der Waals surface area contributed by atoms with Gasteiger partial charge >= 0.3 is 0 Å². The van der Waals surface area contributed by atoms with Gasteiger partial charge in [0.05, 0.1) is 62.6 Å². The van der Waals surface area contributed by atoms with Crippen LogP contribution in [0.25, 0.3) is 0 Å². The smallest absolute Gasteiger partial charge is 0.272 e. The van der Waals surface area contributed by atoms with Crippen LogP contribution in [0.15, 0.2) is 60.0 Å². The van der Waals surface area contributed by atoms with Gasteiger partial charge in [-0.25, -0.2) is 13.2 Å². The number of nitrogens with one attached hydrogen (secondary N) is 2. The van der Waals surface area contributed by atoms with Crippen LogP contribution in [0.2, 0.25) is 10.0 Å². The summed E-state index contributed by atoms with van der Waals surface area (Å²) in [4.78, 5) is 72.8. The number of rotatable bonds is 25. The zero-order valence-corrected chi connectivity index (χ0v) is 42.8. The third kappa shape index (κ3) is 15.3. The molecule has 0 radical (unpaired) electrons. The van der Waals surface area contributed by atoms with Crippen molar-refractivity contribution in [1.82, 2.24) is 20.4 Å². The van der Waals surface area contributed by atoms with Crippen LogP contribution in [0.5, 0.6) is 11.5 Å². The Hall–Kier alpha value is -5.48. The number of anilines is 2. The lowest BCUT2D eigenvalue weighted by Gasteiger charge is -2.37. The number of hydrogen-bond donors (Lipinski definition) is 3. The Morgan fingerprint density at radius 1 is 0.781 bits per heavy atom. The van der Waals surface area contributed by atoms with Crippen LogP contribution in [0.1, 0.15) is 59.8 Å². The first kappa shape index (κ1) is 55.3. The summed E-state index contributed by atoms with van der Waals surface area (Å²) in [6.07, 6.45) is 2.80. The van der Waals surface area contributed by atoms with E-state index in [1.165, 1.54) is 34.0 Å². The number of thiophene rings is 1. The molecule has 1 unspecified atom stereocenters. The van der Waals surface area contributed by atoms with Crippen LogP contribution < -0.4 is 30.9 Å². The van der Waals surface area contributed by atoms with E-state index in [-0.39, 0.29) is 89.2 Å². The standard InChI is InChI=1S/C51H60Cl2F3N7O9S/c1-32-50(67)60(14-4-15-61(32)48(66)28-35(57)25-34-27-40(55)41(56)30-39(34)54)31-47(65)59-13-19-70-21-23-71-22-20-69-18-12-58-46(64)10-7-33-26-38(53)45(29-37(33)52)72-44-11-24-73-49(44)51(68)63-17-16-62(36-8-9-36)42-5-2-3-6-43(42)63/h2-3,5-6,11,24,26-27,29-30,32,35-36H,4,7-10,12-23,25,28,31,57H2,1H3,(H,58,64)(H,59,65)/t32?,35-/m1/s1. The highest BCUT2D eigenvalue weighted by atomic mass is 35.5. The molecule has 0 spiro atoms. The predicted octanol–water partition coefficient (Wildman–Crippen LogP) is 6.52. The van der Waals surface area contributed by atoms with Crippen molar-refractivity contribution in [2.24, 2.45) is 5.73 Å². The average molecular weight is 1080 g/mol. The first-order valence-corrected chi connectivity index (χ1v) is 26.0. The van der Waals surface area contributed by atoms with Crippen LogP contribution in [-0.4, -0.2) is 143 Å². The highest BCUT2D eigenvalue weighted by Crippen LogP contribution is 2.42. The summed E-state index contributed by atoms with van der Waals surface area (Å²) in [5, 5.41) is 8.02. The lowest BCUT2D eigenvalue weighted by Crippen LogP contribution is -2.50. The largest absolute Gasteiger partial charge is 0.454 e. The number of benzene rings is 3. The Bertz CT molecular complexity index is 2590. The summed E-state index contributed by atoms with van der Waals surface area (Å²) in [5.41, 5.74) is 8.52. The van der Waals surface area contributed by atoms with E-state index in [0.29, 0.717) is 89.3 Å². The Balaban J connectivity index is 0.702. The molecule has 16 nitrogen and oxygen atoms in total. The number of aryl methyl sites for hydroxylation is 1. The Morgan fingerprint density at radius 2 is 1.45 bits per heavy atom. The first-order valence-electron chi connectivity index (χ1n) is 24.3. The quantitative estimate of drug-likeness (QED) is 0.0485. The molecule has 1 aromatic heterocycles. The number of ether oxygens (including phenoxy) is 4. The van der Waals surface area contributed by atoms with Crippen LogP contribution in [0, 0.1) is 17.5 Å². The van der Waals surface area contributed by atoms with Crippen LogP contribution in [0.3, 0.4) is 0 Å². The first-order chi connectivity index (χ1) is 35.2. The van der Waals surface area contributed by atoms with Crippen LogP contribution in [-0.2, 0) is 46.2 Å². The summed E-state index contributed by atoms with van der Waals surface area (Å²) >= 11 is 14.6. The normalized spacial score (nSPS) is 16.3. The molecule has 0 bridgehead atoms. The number of para-hydroxylation sites is 2. The molecule has 1 saturated heterocycles. The Morgan fingerprint density at radius 3 is 2.16 bits per heavy atom. The molecular formula is C51H60Cl2F3N7O9S. The van der Waals surface area contributed by atoms with E-state index in [1.54, 1.807) is 25.1 Å². The van der Waals surface area contributed by atoms with Gasteiger partial charge in [-0.15, -0.1) is 11.3 Å². The van der Waals surface area contributed by atoms with E-state index in [9.17, 15) is 37.1 Å². The molecule has 2 aliphatic heterocycles. The highest BCUT2D eigenvalue weighted by molar-refractivity contribution is 7.12. The fourth-order valence-corrected chi connectivity index (χ4v) is 9.89. The fraction of sp³-hybridized carbons (Fsp3) is 0.471. The van der Waals surface area contributed by atoms with E-state index < -0.39 is 47.3 Å². The third-order valence-corrected chi connectivity index (χ3v) is 14.1. The molecule has 73 heavy (non-hydrogen) atoms. The highest BCUT2D eigenvalue weighted by Gasteiger charge is 2.37. The van der Waals surface area contributed by atoms with Gasteiger partial charge in [0.25, 0.3) is 5.91 Å². The van der Waals surface area contributed by atoms with Gasteiger partial charge in [0.1, 0.15) is 22.5 Å². The number of hydrogen-bond acceptors (Lipinski definition) is 12. The topological polar surface area (TPSA) is 185 Å². The molecule has 3 aliphatic rings. The number of amides is 5. The van der Waals surface area contributed by atoms with Crippen molar-refractivity contribution in [3.05, 3.63) is 103 Å². The second kappa shape index (κ2) is 26.6. The van der Waals surface area contributed by atoms with Gasteiger partial charge in [0.15, 0.2) is 17.4 Å². The molecular weight excluding hydrogens is 1010 g/mol. The summed E-state index contributed by atoms with van der Waals surface area (Å²) < 4.78 is 63.8. The van der Waals surface area contributed by atoms with Gasteiger partial charge in [-0.1, -0.05) is 35.3 Å². The van der Waals surface area contributed by atoms with Crippen molar-refractivity contribution in [2.75, 3.05) is 95.3 Å². The summed E-state index contributed by atoms with van der Waals surface area (Å²) in [6.45, 7) is 5.32. The maximum atomic E-state index is 14.1. The number of nitrogens with zero attached hydrogens (tertiary/aromatic N) is 4. The maximum absolute atomic E-state index is 14.1. The molecule has 4 N–H and O–H groups in total. The number of carbonyl (C=O) groups excluding carboxylic acids is 5. The van der Waals surface area contributed by atoms with Crippen LogP contribution in [0.4, 0.5) is 24.5 Å². The van der Waals surface area contributed by atoms with E-state index in [2.05, 4.69) is 21.6 Å². The molecule has 1 saturated carbocycles. The van der Waals surface area contributed by atoms with Gasteiger partial charge in [-0.3, -0.25) is 24.0 Å². The molecule has 5 amide bonds. The van der Waals surface area contributed by atoms with Gasteiger partial charge in [-0.05, 0) is 85.9 Å². The molecule has 22 heteroatoms. The summed E-state index contributed by atoms with van der Waals surface area (Å²) in [5.74, 6) is -4.41. The molecule has 2 fully saturated rings. The molecule has 394 valence electrons. The number of fused-ring (bicyclic) bond motifs is 1. The average Bonchev–Trinajstić information content (AvgIpc) is 4.13. The van der Waals surface area contributed by atoms with E-state index in [4.69, 9.17) is 47.9 Å². The summed E-state index contributed by atoms with van der Waals surface area (Å²) in [6, 6.07) is 12.9. The van der Waals surface area contributed by atoms with Gasteiger partial charge in [0.2, 0.25) is 23.6 Å². The molecule has 4 aromatic rings. The molecule has 2 atom stereocenters. The fourth-order valence-electron chi connectivity index (χ4n) is 8.66. The Kier molecular flexibility index (Phi) is 20.2. The summed E-state index contributed by atoms with van der Waals surface area (Å²) in [7, 11) is 0. The van der Waals surface area contributed by atoms with Gasteiger partial charge in [-0.2, -0.15) is 0 Å². The molecule has 7 rings (SSSR count).